The van der Waals surface area contributed by atoms with Gasteiger partial charge in [-0.05, 0) is 19.4 Å². The summed E-state index contributed by atoms with van der Waals surface area (Å²) >= 11 is 0. The molecular formula is C17H19N3O4. The van der Waals surface area contributed by atoms with E-state index in [4.69, 9.17) is 0 Å². The molecule has 0 fully saturated rings. The van der Waals surface area contributed by atoms with Gasteiger partial charge in [0, 0.05) is 12.5 Å². The maximum Gasteiger partial charge on any atom is 0.288 e. The summed E-state index contributed by atoms with van der Waals surface area (Å²) < 4.78 is 0. The second-order valence-corrected chi connectivity index (χ2v) is 5.60. The lowest BCUT2D eigenvalue weighted by atomic mass is 10.0. The van der Waals surface area contributed by atoms with Gasteiger partial charge >= 0.3 is 0 Å². The van der Waals surface area contributed by atoms with Crippen LogP contribution in [0.15, 0.2) is 42.6 Å². The third-order valence-electron chi connectivity index (χ3n) is 3.75. The van der Waals surface area contributed by atoms with Gasteiger partial charge in [0.1, 0.15) is 6.20 Å². The monoisotopic (exact) mass is 329 g/mol. The molecule has 7 nitrogen and oxygen atoms in total. The minimum absolute atomic E-state index is 0.128. The van der Waals surface area contributed by atoms with E-state index in [-0.39, 0.29) is 11.3 Å². The molecule has 0 aliphatic rings. The van der Waals surface area contributed by atoms with Crippen LogP contribution in [0.5, 0.6) is 0 Å². The fourth-order valence-corrected chi connectivity index (χ4v) is 2.26. The van der Waals surface area contributed by atoms with E-state index >= 15 is 0 Å². The highest BCUT2D eigenvalue weighted by molar-refractivity contribution is 5.95. The predicted molar refractivity (Wildman–Crippen MR) is 88.7 cm³/mol. The summed E-state index contributed by atoms with van der Waals surface area (Å²) in [6, 6.07) is 10.1. The zero-order valence-corrected chi connectivity index (χ0v) is 13.5. The SMILES string of the molecule is Cc1ncc([N+](=O)[O-])cc1C(=O)NC(C)C(O)Cc1ccccc1. The largest absolute Gasteiger partial charge is 0.391 e. The van der Waals surface area contributed by atoms with Crippen molar-refractivity contribution in [1.29, 1.82) is 0 Å². The normalized spacial score (nSPS) is 13.1. The number of carbonyl (C=O) groups excluding carboxylic acids is 1. The summed E-state index contributed by atoms with van der Waals surface area (Å²) in [6.45, 7) is 3.29. The number of aliphatic hydroxyl groups is 1. The van der Waals surface area contributed by atoms with Gasteiger partial charge in [0.25, 0.3) is 11.6 Å². The van der Waals surface area contributed by atoms with Gasteiger partial charge in [0.15, 0.2) is 0 Å². The number of pyridine rings is 1. The highest BCUT2D eigenvalue weighted by atomic mass is 16.6. The quantitative estimate of drug-likeness (QED) is 0.623. The first-order valence-corrected chi connectivity index (χ1v) is 7.52. The summed E-state index contributed by atoms with van der Waals surface area (Å²) in [6.07, 6.45) is 0.733. The Morgan fingerprint density at radius 1 is 1.38 bits per heavy atom. The minimum atomic E-state index is -0.775. The molecule has 0 radical (unpaired) electrons. The molecule has 0 aliphatic heterocycles. The maximum atomic E-state index is 12.3. The van der Waals surface area contributed by atoms with E-state index in [1.165, 1.54) is 6.07 Å². The molecule has 0 aliphatic carbocycles. The Morgan fingerprint density at radius 2 is 2.04 bits per heavy atom. The molecule has 7 heteroatoms. The number of rotatable bonds is 6. The predicted octanol–water partition coefficient (Wildman–Crippen LogP) is 2.02. The van der Waals surface area contributed by atoms with Crippen molar-refractivity contribution in [2.24, 2.45) is 0 Å². The molecule has 126 valence electrons. The fourth-order valence-electron chi connectivity index (χ4n) is 2.26. The topological polar surface area (TPSA) is 105 Å². The molecule has 2 N–H and O–H groups in total. The van der Waals surface area contributed by atoms with Gasteiger partial charge in [-0.25, -0.2) is 0 Å². The van der Waals surface area contributed by atoms with Crippen molar-refractivity contribution < 1.29 is 14.8 Å². The molecule has 1 heterocycles. The van der Waals surface area contributed by atoms with Gasteiger partial charge in [-0.1, -0.05) is 30.3 Å². The lowest BCUT2D eigenvalue weighted by Gasteiger charge is -2.20. The summed E-state index contributed by atoms with van der Waals surface area (Å²) in [4.78, 5) is 26.4. The van der Waals surface area contributed by atoms with E-state index in [0.29, 0.717) is 12.1 Å². The van der Waals surface area contributed by atoms with Gasteiger partial charge in [-0.3, -0.25) is 19.9 Å². The van der Waals surface area contributed by atoms with Crippen molar-refractivity contribution in [2.75, 3.05) is 0 Å². The standard InChI is InChI=1S/C17H19N3O4/c1-11-15(9-14(10-18-11)20(23)24)17(22)19-12(2)16(21)8-13-6-4-3-5-7-13/h3-7,9-10,12,16,21H,8H2,1-2H3,(H,19,22). The second-order valence-electron chi connectivity index (χ2n) is 5.60. The molecule has 2 aromatic rings. The van der Waals surface area contributed by atoms with Crippen LogP contribution in [0.4, 0.5) is 5.69 Å². The number of nitro groups is 1. The molecule has 0 saturated carbocycles. The summed E-state index contributed by atoms with van der Waals surface area (Å²) in [5.41, 5.74) is 1.23. The van der Waals surface area contributed by atoms with Crippen LogP contribution < -0.4 is 5.32 Å². The van der Waals surface area contributed by atoms with E-state index in [1.54, 1.807) is 13.8 Å². The van der Waals surface area contributed by atoms with Crippen LogP contribution in [0.1, 0.15) is 28.5 Å². The molecule has 0 bridgehead atoms. The number of aliphatic hydroxyl groups excluding tert-OH is 1. The summed E-state index contributed by atoms with van der Waals surface area (Å²) in [5, 5.41) is 23.7. The Labute approximate surface area is 139 Å². The first-order chi connectivity index (χ1) is 11.4. The number of amides is 1. The molecule has 2 atom stereocenters. The molecular weight excluding hydrogens is 310 g/mol. The van der Waals surface area contributed by atoms with Gasteiger partial charge in [0.05, 0.1) is 28.3 Å². The molecule has 0 saturated heterocycles. The average molecular weight is 329 g/mol. The highest BCUT2D eigenvalue weighted by Crippen LogP contribution is 2.15. The second kappa shape index (κ2) is 7.65. The van der Waals surface area contributed by atoms with Crippen LogP contribution in [0.2, 0.25) is 0 Å². The number of hydrogen-bond acceptors (Lipinski definition) is 5. The van der Waals surface area contributed by atoms with Gasteiger partial charge < -0.3 is 10.4 Å². The number of aromatic nitrogens is 1. The fraction of sp³-hybridized carbons (Fsp3) is 0.294. The first kappa shape index (κ1) is 17.6. The van der Waals surface area contributed by atoms with E-state index in [1.807, 2.05) is 30.3 Å². The van der Waals surface area contributed by atoms with Gasteiger partial charge in [-0.2, -0.15) is 0 Å². The first-order valence-electron chi connectivity index (χ1n) is 7.52. The van der Waals surface area contributed by atoms with E-state index < -0.39 is 23.0 Å². The Morgan fingerprint density at radius 3 is 2.67 bits per heavy atom. The Kier molecular flexibility index (Phi) is 5.59. The van der Waals surface area contributed by atoms with Crippen LogP contribution in [-0.4, -0.2) is 33.1 Å². The van der Waals surface area contributed by atoms with Crippen LogP contribution in [0.25, 0.3) is 0 Å². The number of aryl methyl sites for hydroxylation is 1. The lowest BCUT2D eigenvalue weighted by molar-refractivity contribution is -0.385. The zero-order chi connectivity index (χ0) is 17.7. The molecule has 1 aromatic heterocycles. The zero-order valence-electron chi connectivity index (χ0n) is 13.5. The van der Waals surface area contributed by atoms with Crippen molar-refractivity contribution in [2.45, 2.75) is 32.4 Å². The Balaban J connectivity index is 2.06. The number of hydrogen-bond donors (Lipinski definition) is 2. The van der Waals surface area contributed by atoms with E-state index in [0.717, 1.165) is 11.8 Å². The Hall–Kier alpha value is -2.80. The summed E-state index contributed by atoms with van der Waals surface area (Å²) in [7, 11) is 0. The van der Waals surface area contributed by atoms with Crippen LogP contribution in [-0.2, 0) is 6.42 Å². The van der Waals surface area contributed by atoms with Crippen molar-refractivity contribution in [1.82, 2.24) is 10.3 Å². The van der Waals surface area contributed by atoms with Crippen LogP contribution >= 0.6 is 0 Å². The highest BCUT2D eigenvalue weighted by Gasteiger charge is 2.21. The smallest absolute Gasteiger partial charge is 0.288 e. The Bertz CT molecular complexity index is 734. The molecule has 0 spiro atoms. The van der Waals surface area contributed by atoms with Crippen molar-refractivity contribution in [3.8, 4) is 0 Å². The van der Waals surface area contributed by atoms with Crippen LogP contribution in [0, 0.1) is 17.0 Å². The summed E-state index contributed by atoms with van der Waals surface area (Å²) in [5.74, 6) is -0.497. The number of nitrogens with zero attached hydrogens (tertiary/aromatic N) is 2. The molecule has 2 unspecified atom stereocenters. The van der Waals surface area contributed by atoms with Crippen molar-refractivity contribution in [3.63, 3.8) is 0 Å². The number of nitrogens with one attached hydrogen (secondary N) is 1. The number of carbonyl (C=O) groups is 1. The van der Waals surface area contributed by atoms with Crippen LogP contribution in [0.3, 0.4) is 0 Å². The van der Waals surface area contributed by atoms with Crippen molar-refractivity contribution in [3.05, 3.63) is 69.5 Å². The third kappa shape index (κ3) is 4.36. The van der Waals surface area contributed by atoms with E-state index in [2.05, 4.69) is 10.3 Å². The number of benzene rings is 1. The molecule has 24 heavy (non-hydrogen) atoms. The average Bonchev–Trinajstić information content (AvgIpc) is 2.55. The third-order valence-corrected chi connectivity index (χ3v) is 3.75. The van der Waals surface area contributed by atoms with E-state index in [9.17, 15) is 20.0 Å². The molecule has 1 aromatic carbocycles. The minimum Gasteiger partial charge on any atom is -0.391 e. The maximum absolute atomic E-state index is 12.3. The lowest BCUT2D eigenvalue weighted by Crippen LogP contribution is -2.42. The molecule has 1 amide bonds. The van der Waals surface area contributed by atoms with Gasteiger partial charge in [-0.15, -0.1) is 0 Å². The van der Waals surface area contributed by atoms with Crippen molar-refractivity contribution >= 4 is 11.6 Å². The molecule has 2 rings (SSSR count). The van der Waals surface area contributed by atoms with Gasteiger partial charge in [0.2, 0.25) is 0 Å².